The summed E-state index contributed by atoms with van der Waals surface area (Å²) in [6.45, 7) is 6.19. The summed E-state index contributed by atoms with van der Waals surface area (Å²) in [4.78, 5) is 22.9. The van der Waals surface area contributed by atoms with Gasteiger partial charge in [0.2, 0.25) is 5.91 Å². The molecular formula is C11H20N2O3. The fraction of sp³-hybridized carbons (Fsp3) is 0.818. The molecule has 1 saturated heterocycles. The van der Waals surface area contributed by atoms with E-state index in [0.717, 1.165) is 19.4 Å². The standard InChI is InChI=1S/C11H20N2O3/c1-11(2,3)16-9(14)7-13-10(15)8-5-4-6-12-8/h8,12H,4-7H2,1-3H3,(H,13,15)/t8-/m1/s1. The molecule has 1 heterocycles. The maximum absolute atomic E-state index is 11.5. The van der Waals surface area contributed by atoms with Gasteiger partial charge in [-0.25, -0.2) is 0 Å². The molecule has 1 aliphatic heterocycles. The predicted octanol–water partition coefficient (Wildman–Crippen LogP) is 0.196. The maximum atomic E-state index is 11.5. The average Bonchev–Trinajstić information content (AvgIpc) is 2.64. The van der Waals surface area contributed by atoms with Crippen LogP contribution < -0.4 is 10.6 Å². The van der Waals surface area contributed by atoms with Gasteiger partial charge in [0.25, 0.3) is 0 Å². The van der Waals surface area contributed by atoms with Crippen LogP contribution >= 0.6 is 0 Å². The quantitative estimate of drug-likeness (QED) is 0.677. The summed E-state index contributed by atoms with van der Waals surface area (Å²) in [6.07, 6.45) is 1.84. The number of hydrogen-bond acceptors (Lipinski definition) is 4. The molecule has 0 aromatic rings. The molecule has 0 saturated carbocycles. The van der Waals surface area contributed by atoms with E-state index in [2.05, 4.69) is 10.6 Å². The Bertz CT molecular complexity index is 265. The number of hydrogen-bond donors (Lipinski definition) is 2. The first kappa shape index (κ1) is 13.0. The van der Waals surface area contributed by atoms with E-state index in [-0.39, 0.29) is 18.5 Å². The summed E-state index contributed by atoms with van der Waals surface area (Å²) in [6, 6.07) is -0.151. The molecule has 0 aromatic heterocycles. The Hall–Kier alpha value is -1.10. The maximum Gasteiger partial charge on any atom is 0.325 e. The van der Waals surface area contributed by atoms with Gasteiger partial charge in [-0.15, -0.1) is 0 Å². The first-order valence-corrected chi connectivity index (χ1v) is 5.61. The zero-order valence-electron chi connectivity index (χ0n) is 10.1. The van der Waals surface area contributed by atoms with Crippen LogP contribution in [0.3, 0.4) is 0 Å². The van der Waals surface area contributed by atoms with Crippen LogP contribution in [0.2, 0.25) is 0 Å². The van der Waals surface area contributed by atoms with Gasteiger partial charge in [0.05, 0.1) is 6.04 Å². The predicted molar refractivity (Wildman–Crippen MR) is 59.9 cm³/mol. The number of nitrogens with one attached hydrogen (secondary N) is 2. The van der Waals surface area contributed by atoms with Crippen LogP contribution in [0.25, 0.3) is 0 Å². The first-order valence-electron chi connectivity index (χ1n) is 5.61. The Morgan fingerprint density at radius 3 is 2.62 bits per heavy atom. The van der Waals surface area contributed by atoms with Crippen LogP contribution in [-0.4, -0.2) is 36.6 Å². The second-order valence-electron chi connectivity index (χ2n) is 4.95. The number of amides is 1. The molecule has 5 nitrogen and oxygen atoms in total. The van der Waals surface area contributed by atoms with E-state index in [1.54, 1.807) is 20.8 Å². The third-order valence-corrected chi connectivity index (χ3v) is 2.20. The molecule has 0 spiro atoms. The van der Waals surface area contributed by atoms with Crippen molar-refractivity contribution in [3.05, 3.63) is 0 Å². The molecule has 0 aromatic carbocycles. The Morgan fingerprint density at radius 1 is 1.44 bits per heavy atom. The molecular weight excluding hydrogens is 208 g/mol. The molecule has 0 radical (unpaired) electrons. The third-order valence-electron chi connectivity index (χ3n) is 2.20. The first-order chi connectivity index (χ1) is 7.38. The fourth-order valence-electron chi connectivity index (χ4n) is 1.57. The van der Waals surface area contributed by atoms with Gasteiger partial charge in [0, 0.05) is 0 Å². The molecule has 0 bridgehead atoms. The molecule has 1 rings (SSSR count). The van der Waals surface area contributed by atoms with Crippen molar-refractivity contribution in [2.75, 3.05) is 13.1 Å². The van der Waals surface area contributed by atoms with E-state index in [0.29, 0.717) is 0 Å². The Balaban J connectivity index is 2.23. The van der Waals surface area contributed by atoms with Crippen molar-refractivity contribution in [2.45, 2.75) is 45.3 Å². The molecule has 1 fully saturated rings. The summed E-state index contributed by atoms with van der Waals surface area (Å²) >= 11 is 0. The van der Waals surface area contributed by atoms with E-state index in [1.807, 2.05) is 0 Å². The van der Waals surface area contributed by atoms with Gasteiger partial charge in [-0.2, -0.15) is 0 Å². The zero-order valence-corrected chi connectivity index (χ0v) is 10.1. The topological polar surface area (TPSA) is 67.4 Å². The van der Waals surface area contributed by atoms with Gasteiger partial charge in [0.1, 0.15) is 12.1 Å². The lowest BCUT2D eigenvalue weighted by atomic mass is 10.2. The molecule has 5 heteroatoms. The normalized spacial score (nSPS) is 20.6. The van der Waals surface area contributed by atoms with Gasteiger partial charge >= 0.3 is 5.97 Å². The van der Waals surface area contributed by atoms with Crippen molar-refractivity contribution >= 4 is 11.9 Å². The van der Waals surface area contributed by atoms with Crippen LogP contribution in [0.15, 0.2) is 0 Å². The van der Waals surface area contributed by atoms with E-state index >= 15 is 0 Å². The molecule has 16 heavy (non-hydrogen) atoms. The van der Waals surface area contributed by atoms with Crippen LogP contribution in [0.5, 0.6) is 0 Å². The van der Waals surface area contributed by atoms with Gasteiger partial charge in [0.15, 0.2) is 0 Å². The van der Waals surface area contributed by atoms with E-state index in [9.17, 15) is 9.59 Å². The number of ether oxygens (including phenoxy) is 1. The highest BCUT2D eigenvalue weighted by molar-refractivity contribution is 5.85. The van der Waals surface area contributed by atoms with Crippen LogP contribution in [0.1, 0.15) is 33.6 Å². The van der Waals surface area contributed by atoms with Crippen molar-refractivity contribution in [3.8, 4) is 0 Å². The van der Waals surface area contributed by atoms with Gasteiger partial charge in [-0.1, -0.05) is 0 Å². The van der Waals surface area contributed by atoms with Crippen molar-refractivity contribution in [2.24, 2.45) is 0 Å². The summed E-state index contributed by atoms with van der Waals surface area (Å²) in [5, 5.41) is 5.64. The lowest BCUT2D eigenvalue weighted by Gasteiger charge is -2.20. The minimum Gasteiger partial charge on any atom is -0.459 e. The fourth-order valence-corrected chi connectivity index (χ4v) is 1.57. The van der Waals surface area contributed by atoms with E-state index in [4.69, 9.17) is 4.74 Å². The van der Waals surface area contributed by atoms with Gasteiger partial charge in [-0.05, 0) is 40.2 Å². The van der Waals surface area contributed by atoms with Crippen molar-refractivity contribution in [3.63, 3.8) is 0 Å². The van der Waals surface area contributed by atoms with E-state index < -0.39 is 11.6 Å². The highest BCUT2D eigenvalue weighted by Gasteiger charge is 2.23. The third kappa shape index (κ3) is 4.61. The minimum absolute atomic E-state index is 0.0612. The van der Waals surface area contributed by atoms with Gasteiger partial charge in [-0.3, -0.25) is 9.59 Å². The smallest absolute Gasteiger partial charge is 0.325 e. The Morgan fingerprint density at radius 2 is 2.12 bits per heavy atom. The molecule has 2 N–H and O–H groups in total. The van der Waals surface area contributed by atoms with Crippen LogP contribution in [0.4, 0.5) is 0 Å². The number of carbonyl (C=O) groups is 2. The second-order valence-corrected chi connectivity index (χ2v) is 4.95. The summed E-state index contributed by atoms with van der Waals surface area (Å²) in [5.41, 5.74) is -0.507. The largest absolute Gasteiger partial charge is 0.459 e. The van der Waals surface area contributed by atoms with Crippen molar-refractivity contribution in [1.29, 1.82) is 0 Å². The SMILES string of the molecule is CC(C)(C)OC(=O)CNC(=O)[C@H]1CCCN1. The molecule has 1 amide bonds. The lowest BCUT2D eigenvalue weighted by Crippen LogP contribution is -2.43. The highest BCUT2D eigenvalue weighted by Crippen LogP contribution is 2.07. The lowest BCUT2D eigenvalue weighted by molar-refractivity contribution is -0.154. The molecule has 92 valence electrons. The highest BCUT2D eigenvalue weighted by atomic mass is 16.6. The number of carbonyl (C=O) groups excluding carboxylic acids is 2. The van der Waals surface area contributed by atoms with Crippen LogP contribution in [-0.2, 0) is 14.3 Å². The molecule has 1 aliphatic rings. The zero-order chi connectivity index (χ0) is 12.2. The Kier molecular flexibility index (Phi) is 4.29. The summed E-state index contributed by atoms with van der Waals surface area (Å²) in [5.74, 6) is -0.526. The Labute approximate surface area is 95.9 Å². The number of rotatable bonds is 3. The summed E-state index contributed by atoms with van der Waals surface area (Å²) < 4.78 is 5.08. The van der Waals surface area contributed by atoms with Crippen molar-refractivity contribution < 1.29 is 14.3 Å². The van der Waals surface area contributed by atoms with Gasteiger partial charge < -0.3 is 15.4 Å². The molecule has 0 unspecified atom stereocenters. The number of esters is 1. The average molecular weight is 228 g/mol. The monoisotopic (exact) mass is 228 g/mol. The molecule has 1 atom stereocenters. The summed E-state index contributed by atoms with van der Waals surface area (Å²) in [7, 11) is 0. The van der Waals surface area contributed by atoms with Crippen LogP contribution in [0, 0.1) is 0 Å². The van der Waals surface area contributed by atoms with Crippen molar-refractivity contribution in [1.82, 2.24) is 10.6 Å². The second kappa shape index (κ2) is 5.30. The minimum atomic E-state index is -0.507. The van der Waals surface area contributed by atoms with E-state index in [1.165, 1.54) is 0 Å². The molecule has 0 aliphatic carbocycles.